The molecule has 5 nitrogen and oxygen atoms in total. The molecule has 1 saturated carbocycles. The second kappa shape index (κ2) is 6.80. The van der Waals surface area contributed by atoms with E-state index in [1.54, 1.807) is 24.3 Å². The number of ether oxygens (including phenoxy) is 1. The molecule has 2 N–H and O–H groups in total. The van der Waals surface area contributed by atoms with Crippen molar-refractivity contribution in [3.05, 3.63) is 24.3 Å². The van der Waals surface area contributed by atoms with Crippen LogP contribution in [0, 0.1) is 24.2 Å². The Bertz CT molecular complexity index is 576. The van der Waals surface area contributed by atoms with E-state index in [9.17, 15) is 9.59 Å². The van der Waals surface area contributed by atoms with Gasteiger partial charge in [-0.2, -0.15) is 0 Å². The highest BCUT2D eigenvalue weighted by Gasteiger charge is 2.33. The Hall–Kier alpha value is -2.48. The van der Waals surface area contributed by atoms with Crippen LogP contribution in [0.15, 0.2) is 24.3 Å². The van der Waals surface area contributed by atoms with E-state index in [4.69, 9.17) is 16.3 Å². The van der Waals surface area contributed by atoms with E-state index in [0.29, 0.717) is 30.7 Å². The summed E-state index contributed by atoms with van der Waals surface area (Å²) >= 11 is 0. The van der Waals surface area contributed by atoms with E-state index in [1.807, 2.05) is 0 Å². The van der Waals surface area contributed by atoms with Crippen LogP contribution in [0.5, 0.6) is 5.75 Å². The van der Waals surface area contributed by atoms with Crippen LogP contribution in [0.2, 0.25) is 0 Å². The molecular formula is C16H17NO4. The molecule has 5 heteroatoms. The van der Waals surface area contributed by atoms with Crippen molar-refractivity contribution in [3.63, 3.8) is 0 Å². The summed E-state index contributed by atoms with van der Waals surface area (Å²) in [6, 6.07) is 6.96. The van der Waals surface area contributed by atoms with Gasteiger partial charge in [0.25, 0.3) is 0 Å². The molecule has 1 fully saturated rings. The standard InChI is InChI=1S/C16H17NO4/c1-2-8-21-14-5-3-4-13(10-14)17-15(18)11-6-7-12(9-11)16(19)20/h1,3-5,10-12H,6-9H2,(H,17,18)(H,19,20)/t11-,12+/m0/s1. The van der Waals surface area contributed by atoms with Gasteiger partial charge >= 0.3 is 5.97 Å². The lowest BCUT2D eigenvalue weighted by molar-refractivity contribution is -0.141. The van der Waals surface area contributed by atoms with Crippen LogP contribution in [0.25, 0.3) is 0 Å². The minimum atomic E-state index is -0.824. The number of hydrogen-bond donors (Lipinski definition) is 2. The molecule has 0 aliphatic heterocycles. The number of carboxylic acids is 1. The lowest BCUT2D eigenvalue weighted by Crippen LogP contribution is -2.21. The van der Waals surface area contributed by atoms with Gasteiger partial charge in [-0.05, 0) is 31.4 Å². The average Bonchev–Trinajstić information content (AvgIpc) is 2.95. The minimum absolute atomic E-state index is 0.146. The summed E-state index contributed by atoms with van der Waals surface area (Å²) in [6.07, 6.45) is 6.68. The molecule has 21 heavy (non-hydrogen) atoms. The Morgan fingerprint density at radius 1 is 1.38 bits per heavy atom. The third-order valence-electron chi connectivity index (χ3n) is 3.58. The first-order valence-corrected chi connectivity index (χ1v) is 6.80. The molecule has 1 aliphatic carbocycles. The third-order valence-corrected chi connectivity index (χ3v) is 3.58. The summed E-state index contributed by atoms with van der Waals surface area (Å²) in [6.45, 7) is 0.167. The monoisotopic (exact) mass is 287 g/mol. The van der Waals surface area contributed by atoms with Gasteiger partial charge in [-0.25, -0.2) is 0 Å². The lowest BCUT2D eigenvalue weighted by Gasteiger charge is -2.11. The van der Waals surface area contributed by atoms with Crippen LogP contribution >= 0.6 is 0 Å². The van der Waals surface area contributed by atoms with Gasteiger partial charge < -0.3 is 15.2 Å². The third kappa shape index (κ3) is 3.99. The largest absolute Gasteiger partial charge is 0.481 e. The summed E-state index contributed by atoms with van der Waals surface area (Å²) in [5.41, 5.74) is 0.619. The molecule has 2 rings (SSSR count). The number of amides is 1. The van der Waals surface area contributed by atoms with Crippen molar-refractivity contribution in [1.82, 2.24) is 0 Å². The fourth-order valence-corrected chi connectivity index (χ4v) is 2.48. The summed E-state index contributed by atoms with van der Waals surface area (Å²) in [5.74, 6) is 1.33. The second-order valence-corrected chi connectivity index (χ2v) is 5.06. The number of benzene rings is 1. The summed E-state index contributed by atoms with van der Waals surface area (Å²) in [7, 11) is 0. The molecule has 1 aliphatic rings. The highest BCUT2D eigenvalue weighted by molar-refractivity contribution is 5.93. The number of carbonyl (C=O) groups is 2. The van der Waals surface area contributed by atoms with Crippen molar-refractivity contribution in [1.29, 1.82) is 0 Å². The van der Waals surface area contributed by atoms with Gasteiger partial charge in [0.05, 0.1) is 5.92 Å². The smallest absolute Gasteiger partial charge is 0.306 e. The first-order valence-electron chi connectivity index (χ1n) is 6.80. The first-order chi connectivity index (χ1) is 10.1. The fraction of sp³-hybridized carbons (Fsp3) is 0.375. The molecule has 1 aromatic carbocycles. The number of terminal acetylenes is 1. The topological polar surface area (TPSA) is 75.6 Å². The maximum absolute atomic E-state index is 12.1. The quantitative estimate of drug-likeness (QED) is 0.814. The highest BCUT2D eigenvalue weighted by atomic mass is 16.5. The Morgan fingerprint density at radius 3 is 2.81 bits per heavy atom. The zero-order chi connectivity index (χ0) is 15.2. The van der Waals surface area contributed by atoms with E-state index >= 15 is 0 Å². The van der Waals surface area contributed by atoms with Gasteiger partial charge in [-0.1, -0.05) is 12.0 Å². The maximum Gasteiger partial charge on any atom is 0.306 e. The zero-order valence-electron chi connectivity index (χ0n) is 11.5. The van der Waals surface area contributed by atoms with E-state index in [-0.39, 0.29) is 18.4 Å². The van der Waals surface area contributed by atoms with Crippen LogP contribution in [-0.4, -0.2) is 23.6 Å². The lowest BCUT2D eigenvalue weighted by atomic mass is 10.0. The Balaban J connectivity index is 1.94. The summed E-state index contributed by atoms with van der Waals surface area (Å²) in [4.78, 5) is 23.0. The molecular weight excluding hydrogens is 270 g/mol. The first kappa shape index (κ1) is 14.9. The highest BCUT2D eigenvalue weighted by Crippen LogP contribution is 2.32. The number of rotatable bonds is 5. The van der Waals surface area contributed by atoms with Crippen molar-refractivity contribution >= 4 is 17.6 Å². The maximum atomic E-state index is 12.1. The molecule has 2 atom stereocenters. The van der Waals surface area contributed by atoms with Crippen molar-refractivity contribution in [2.24, 2.45) is 11.8 Å². The van der Waals surface area contributed by atoms with Crippen molar-refractivity contribution in [2.45, 2.75) is 19.3 Å². The number of anilines is 1. The van der Waals surface area contributed by atoms with Gasteiger partial charge in [0.15, 0.2) is 0 Å². The number of carboxylic acid groups (broad SMARTS) is 1. The predicted octanol–water partition coefficient (Wildman–Crippen LogP) is 2.14. The molecule has 110 valence electrons. The van der Waals surface area contributed by atoms with Gasteiger partial charge in [0.2, 0.25) is 5.91 Å². The van der Waals surface area contributed by atoms with Crippen molar-refractivity contribution < 1.29 is 19.4 Å². The Kier molecular flexibility index (Phi) is 4.83. The predicted molar refractivity (Wildman–Crippen MR) is 77.9 cm³/mol. The second-order valence-electron chi connectivity index (χ2n) is 5.06. The molecule has 0 radical (unpaired) electrons. The van der Waals surface area contributed by atoms with Crippen LogP contribution < -0.4 is 10.1 Å². The Labute approximate surface area is 123 Å². The average molecular weight is 287 g/mol. The van der Waals surface area contributed by atoms with Gasteiger partial charge in [-0.15, -0.1) is 6.42 Å². The molecule has 0 aromatic heterocycles. The number of hydrogen-bond acceptors (Lipinski definition) is 3. The number of nitrogens with one attached hydrogen (secondary N) is 1. The number of carbonyl (C=O) groups excluding carboxylic acids is 1. The molecule has 0 saturated heterocycles. The van der Waals surface area contributed by atoms with Crippen LogP contribution in [0.1, 0.15) is 19.3 Å². The number of aliphatic carboxylic acids is 1. The van der Waals surface area contributed by atoms with E-state index < -0.39 is 11.9 Å². The zero-order valence-corrected chi connectivity index (χ0v) is 11.5. The van der Waals surface area contributed by atoms with Crippen molar-refractivity contribution in [3.8, 4) is 18.1 Å². The molecule has 1 amide bonds. The van der Waals surface area contributed by atoms with E-state index in [0.717, 1.165) is 0 Å². The van der Waals surface area contributed by atoms with Crippen LogP contribution in [-0.2, 0) is 9.59 Å². The summed E-state index contributed by atoms with van der Waals surface area (Å²) < 4.78 is 5.29. The molecule has 0 bridgehead atoms. The molecule has 0 unspecified atom stereocenters. The normalized spacial score (nSPS) is 20.5. The van der Waals surface area contributed by atoms with Gasteiger partial charge in [-0.3, -0.25) is 9.59 Å². The molecule has 0 heterocycles. The SMILES string of the molecule is C#CCOc1cccc(NC(=O)[C@H]2CC[C@@H](C(=O)O)C2)c1. The van der Waals surface area contributed by atoms with Gasteiger partial charge in [0, 0.05) is 17.7 Å². The van der Waals surface area contributed by atoms with Crippen LogP contribution in [0.3, 0.4) is 0 Å². The molecule has 0 spiro atoms. The van der Waals surface area contributed by atoms with E-state index in [2.05, 4.69) is 11.2 Å². The van der Waals surface area contributed by atoms with E-state index in [1.165, 1.54) is 0 Å². The van der Waals surface area contributed by atoms with Gasteiger partial charge in [0.1, 0.15) is 12.4 Å². The fourth-order valence-electron chi connectivity index (χ4n) is 2.48. The van der Waals surface area contributed by atoms with Crippen LogP contribution in [0.4, 0.5) is 5.69 Å². The molecule has 1 aromatic rings. The Morgan fingerprint density at radius 2 is 2.14 bits per heavy atom. The summed E-state index contributed by atoms with van der Waals surface area (Å²) in [5, 5.41) is 11.8. The minimum Gasteiger partial charge on any atom is -0.481 e. The van der Waals surface area contributed by atoms with Crippen molar-refractivity contribution in [2.75, 3.05) is 11.9 Å².